The van der Waals surface area contributed by atoms with Crippen molar-refractivity contribution < 1.29 is 9.59 Å². The minimum absolute atomic E-state index is 0. The second-order valence-electron chi connectivity index (χ2n) is 8.55. The lowest BCUT2D eigenvalue weighted by molar-refractivity contribution is -0.136. The lowest BCUT2D eigenvalue weighted by atomic mass is 9.88. The van der Waals surface area contributed by atoms with Crippen molar-refractivity contribution in [3.05, 3.63) is 0 Å². The van der Waals surface area contributed by atoms with Gasteiger partial charge >= 0.3 is 0 Å². The number of piperidine rings is 2. The number of fused-ring (bicyclic) bond motifs is 2. The summed E-state index contributed by atoms with van der Waals surface area (Å²) < 4.78 is 0. The quantitative estimate of drug-likeness (QED) is 0.780. The predicted octanol–water partition coefficient (Wildman–Crippen LogP) is 2.09. The van der Waals surface area contributed by atoms with Crippen molar-refractivity contribution in [1.82, 2.24) is 15.5 Å². The monoisotopic (exact) mass is 369 g/mol. The molecule has 6 heteroatoms. The summed E-state index contributed by atoms with van der Waals surface area (Å²) >= 11 is 0. The van der Waals surface area contributed by atoms with Gasteiger partial charge in [0.25, 0.3) is 0 Å². The van der Waals surface area contributed by atoms with Crippen LogP contribution in [0.15, 0.2) is 0 Å². The number of carbonyl (C=O) groups excluding carboxylic acids is 2. The van der Waals surface area contributed by atoms with Crippen molar-refractivity contribution in [2.45, 2.75) is 69.9 Å². The third kappa shape index (κ3) is 4.88. The molecule has 0 aromatic rings. The zero-order valence-corrected chi connectivity index (χ0v) is 15.9. The highest BCUT2D eigenvalue weighted by Crippen LogP contribution is 2.33. The predicted molar refractivity (Wildman–Crippen MR) is 99.6 cm³/mol. The topological polar surface area (TPSA) is 61.4 Å². The molecule has 4 rings (SSSR count). The molecule has 2 bridgehead atoms. The first kappa shape index (κ1) is 19.0. The number of likely N-dealkylation sites (tertiary alicyclic amines) is 1. The summed E-state index contributed by atoms with van der Waals surface area (Å²) in [7, 11) is 0. The molecule has 2 N–H and O–H groups in total. The Morgan fingerprint density at radius 3 is 2.40 bits per heavy atom. The summed E-state index contributed by atoms with van der Waals surface area (Å²) in [6.07, 6.45) is 9.96. The van der Waals surface area contributed by atoms with E-state index in [9.17, 15) is 9.59 Å². The van der Waals surface area contributed by atoms with Crippen LogP contribution in [0.4, 0.5) is 0 Å². The van der Waals surface area contributed by atoms with Gasteiger partial charge in [-0.25, -0.2) is 0 Å². The molecule has 0 radical (unpaired) electrons. The molecular weight excluding hydrogens is 338 g/mol. The van der Waals surface area contributed by atoms with Crippen LogP contribution in [0.1, 0.15) is 57.8 Å². The Bertz CT molecular complexity index is 485. The summed E-state index contributed by atoms with van der Waals surface area (Å²) in [5, 5.41) is 6.74. The van der Waals surface area contributed by atoms with Crippen LogP contribution < -0.4 is 10.6 Å². The molecule has 4 fully saturated rings. The zero-order valence-electron chi connectivity index (χ0n) is 15.0. The molecule has 3 saturated heterocycles. The van der Waals surface area contributed by atoms with Crippen molar-refractivity contribution in [3.8, 4) is 0 Å². The van der Waals surface area contributed by atoms with Gasteiger partial charge in [-0.3, -0.25) is 9.59 Å². The van der Waals surface area contributed by atoms with Gasteiger partial charge in [0, 0.05) is 38.1 Å². The molecule has 3 unspecified atom stereocenters. The van der Waals surface area contributed by atoms with E-state index < -0.39 is 0 Å². The van der Waals surface area contributed by atoms with Crippen LogP contribution in [0.25, 0.3) is 0 Å². The Morgan fingerprint density at radius 1 is 1.00 bits per heavy atom. The second kappa shape index (κ2) is 8.26. The lowest BCUT2D eigenvalue weighted by Gasteiger charge is -2.34. The molecule has 142 valence electrons. The van der Waals surface area contributed by atoms with Gasteiger partial charge in [0.1, 0.15) is 0 Å². The highest BCUT2D eigenvalue weighted by Gasteiger charge is 2.36. The van der Waals surface area contributed by atoms with E-state index in [0.717, 1.165) is 38.8 Å². The Labute approximate surface area is 157 Å². The molecule has 3 heterocycles. The molecule has 5 nitrogen and oxygen atoms in total. The first-order chi connectivity index (χ1) is 11.7. The van der Waals surface area contributed by atoms with Crippen LogP contribution in [0.5, 0.6) is 0 Å². The number of halogens is 1. The van der Waals surface area contributed by atoms with Crippen LogP contribution in [0.2, 0.25) is 0 Å². The van der Waals surface area contributed by atoms with E-state index in [1.807, 2.05) is 4.90 Å². The van der Waals surface area contributed by atoms with Gasteiger partial charge in [0.2, 0.25) is 11.8 Å². The molecule has 3 aliphatic heterocycles. The maximum absolute atomic E-state index is 12.7. The van der Waals surface area contributed by atoms with E-state index in [4.69, 9.17) is 0 Å². The minimum atomic E-state index is 0. The van der Waals surface area contributed by atoms with Gasteiger partial charge in [0.15, 0.2) is 0 Å². The Balaban J connectivity index is 0.00000182. The number of nitrogens with zero attached hydrogens (tertiary/aromatic N) is 1. The van der Waals surface area contributed by atoms with E-state index in [1.165, 1.54) is 25.7 Å². The third-order valence-corrected chi connectivity index (χ3v) is 6.44. The van der Waals surface area contributed by atoms with Crippen molar-refractivity contribution >= 4 is 24.2 Å². The van der Waals surface area contributed by atoms with E-state index in [0.29, 0.717) is 36.9 Å². The molecule has 25 heavy (non-hydrogen) atoms. The maximum Gasteiger partial charge on any atom is 0.224 e. The highest BCUT2D eigenvalue weighted by molar-refractivity contribution is 5.85. The van der Waals surface area contributed by atoms with Gasteiger partial charge < -0.3 is 15.5 Å². The zero-order chi connectivity index (χ0) is 16.5. The van der Waals surface area contributed by atoms with Gasteiger partial charge in [-0.2, -0.15) is 0 Å². The Hall–Kier alpha value is -0.810. The summed E-state index contributed by atoms with van der Waals surface area (Å²) in [6.45, 7) is 2.30. The van der Waals surface area contributed by atoms with E-state index >= 15 is 0 Å². The molecule has 3 atom stereocenters. The smallest absolute Gasteiger partial charge is 0.224 e. The lowest BCUT2D eigenvalue weighted by Crippen LogP contribution is -2.47. The molecule has 0 aromatic carbocycles. The molecule has 0 spiro atoms. The average molecular weight is 370 g/mol. The Kier molecular flexibility index (Phi) is 6.26. The standard InChI is InChI=1S/C19H31N3O2.ClH/c23-18(10-14-8-16-5-6-17(9-14)21-16)22-7-1-2-15(12-22)19(24)20-11-13-3-4-13;/h13-17,21H,1-12H2,(H,20,24);1H. The highest BCUT2D eigenvalue weighted by atomic mass is 35.5. The fraction of sp³-hybridized carbons (Fsp3) is 0.895. The average Bonchev–Trinajstić information content (AvgIpc) is 3.36. The van der Waals surface area contributed by atoms with E-state index in [-0.39, 0.29) is 30.1 Å². The maximum atomic E-state index is 12.7. The van der Waals surface area contributed by atoms with Crippen LogP contribution in [0, 0.1) is 17.8 Å². The van der Waals surface area contributed by atoms with Crippen LogP contribution in [-0.2, 0) is 9.59 Å². The number of hydrogen-bond donors (Lipinski definition) is 2. The van der Waals surface area contributed by atoms with Crippen molar-refractivity contribution in [2.75, 3.05) is 19.6 Å². The molecule has 1 aliphatic carbocycles. The Morgan fingerprint density at radius 2 is 1.72 bits per heavy atom. The van der Waals surface area contributed by atoms with E-state index in [2.05, 4.69) is 10.6 Å². The van der Waals surface area contributed by atoms with Crippen molar-refractivity contribution in [3.63, 3.8) is 0 Å². The first-order valence-electron chi connectivity index (χ1n) is 9.99. The van der Waals surface area contributed by atoms with Crippen LogP contribution in [0.3, 0.4) is 0 Å². The number of nitrogens with one attached hydrogen (secondary N) is 2. The second-order valence-corrected chi connectivity index (χ2v) is 8.55. The van der Waals surface area contributed by atoms with Crippen LogP contribution in [-0.4, -0.2) is 48.4 Å². The van der Waals surface area contributed by atoms with E-state index in [1.54, 1.807) is 0 Å². The molecule has 1 saturated carbocycles. The summed E-state index contributed by atoms with van der Waals surface area (Å²) in [6, 6.07) is 1.28. The normalized spacial score (nSPS) is 34.3. The van der Waals surface area contributed by atoms with Crippen molar-refractivity contribution in [2.24, 2.45) is 17.8 Å². The van der Waals surface area contributed by atoms with Gasteiger partial charge in [-0.1, -0.05) is 0 Å². The minimum Gasteiger partial charge on any atom is -0.356 e. The SMILES string of the molecule is Cl.O=C(NCC1CC1)C1CCCN(C(=O)CC2CC3CCC(C2)N3)C1. The summed E-state index contributed by atoms with van der Waals surface area (Å²) in [5.41, 5.74) is 0. The van der Waals surface area contributed by atoms with Gasteiger partial charge in [0.05, 0.1) is 5.92 Å². The molecule has 0 aromatic heterocycles. The number of hydrogen-bond acceptors (Lipinski definition) is 3. The largest absolute Gasteiger partial charge is 0.356 e. The number of rotatable bonds is 5. The van der Waals surface area contributed by atoms with Gasteiger partial charge in [-0.05, 0) is 63.2 Å². The molecule has 2 amide bonds. The van der Waals surface area contributed by atoms with Gasteiger partial charge in [-0.15, -0.1) is 12.4 Å². The van der Waals surface area contributed by atoms with Crippen LogP contribution >= 0.6 is 12.4 Å². The number of amides is 2. The fourth-order valence-corrected chi connectivity index (χ4v) is 4.85. The first-order valence-corrected chi connectivity index (χ1v) is 9.99. The van der Waals surface area contributed by atoms with Crippen molar-refractivity contribution in [1.29, 1.82) is 0 Å². The fourth-order valence-electron chi connectivity index (χ4n) is 4.85. The molecule has 4 aliphatic rings. The third-order valence-electron chi connectivity index (χ3n) is 6.44. The summed E-state index contributed by atoms with van der Waals surface area (Å²) in [5.74, 6) is 1.71. The molecular formula is C19H32ClN3O2. The summed E-state index contributed by atoms with van der Waals surface area (Å²) in [4.78, 5) is 27.0. The number of carbonyl (C=O) groups is 2.